The van der Waals surface area contributed by atoms with E-state index in [0.29, 0.717) is 55.4 Å². The van der Waals surface area contributed by atoms with Crippen molar-refractivity contribution in [1.29, 1.82) is 0 Å². The molecule has 2 aliphatic rings. The maximum absolute atomic E-state index is 11.3. The fourth-order valence-corrected chi connectivity index (χ4v) is 3.83. The van der Waals surface area contributed by atoms with Crippen molar-refractivity contribution in [2.24, 2.45) is 0 Å². The summed E-state index contributed by atoms with van der Waals surface area (Å²) in [5.74, 6) is 1.51. The average molecular weight is 411 g/mol. The number of anilines is 4. The molecule has 2 aromatic heterocycles. The van der Waals surface area contributed by atoms with Crippen LogP contribution >= 0.6 is 0 Å². The van der Waals surface area contributed by atoms with E-state index in [-0.39, 0.29) is 0 Å². The van der Waals surface area contributed by atoms with E-state index >= 15 is 0 Å². The molecule has 2 aromatic rings. The van der Waals surface area contributed by atoms with Crippen molar-refractivity contribution in [3.05, 3.63) is 30.1 Å². The van der Waals surface area contributed by atoms with Gasteiger partial charge in [0.15, 0.2) is 6.29 Å². The highest BCUT2D eigenvalue weighted by Gasteiger charge is 2.21. The predicted octanol–water partition coefficient (Wildman–Crippen LogP) is 2.58. The molecule has 0 atom stereocenters. The number of nitrogens with one attached hydrogen (secondary N) is 2. The number of rotatable bonds is 6. The molecule has 0 radical (unpaired) electrons. The lowest BCUT2D eigenvalue weighted by Crippen LogP contribution is -2.48. The Labute approximate surface area is 174 Å². The quantitative estimate of drug-likeness (QED) is 0.615. The molecule has 1 saturated carbocycles. The zero-order valence-electron chi connectivity index (χ0n) is 16.6. The van der Waals surface area contributed by atoms with Crippen molar-refractivity contribution < 1.29 is 14.7 Å². The molecule has 0 unspecified atom stereocenters. The minimum atomic E-state index is -0.880. The van der Waals surface area contributed by atoms with E-state index in [1.165, 1.54) is 23.9 Å². The highest BCUT2D eigenvalue weighted by atomic mass is 16.4. The van der Waals surface area contributed by atoms with Gasteiger partial charge in [-0.1, -0.05) is 12.8 Å². The van der Waals surface area contributed by atoms with Crippen LogP contribution in [-0.2, 0) is 0 Å². The Morgan fingerprint density at radius 1 is 1.10 bits per heavy atom. The van der Waals surface area contributed by atoms with E-state index in [2.05, 4.69) is 30.5 Å². The number of carbonyl (C=O) groups excluding carboxylic acids is 1. The topological polar surface area (TPSA) is 124 Å². The Morgan fingerprint density at radius 3 is 2.50 bits per heavy atom. The Hall–Kier alpha value is -3.43. The fraction of sp³-hybridized carbons (Fsp3) is 0.450. The van der Waals surface area contributed by atoms with Gasteiger partial charge in [-0.05, 0) is 25.0 Å². The maximum atomic E-state index is 11.3. The van der Waals surface area contributed by atoms with E-state index in [1.54, 1.807) is 6.20 Å². The standard InChI is InChI=1S/C20H25N7O3/c28-13-14-11-22-19(25-18(14)23-15-3-1-2-4-15)24-17-6-5-16(12-21-17)26-7-9-27(10-8-26)20(29)30/h5-6,11-13,15H,1-4,7-10H2,(H,29,30)(H2,21,22,23,24,25). The van der Waals surface area contributed by atoms with Crippen molar-refractivity contribution in [3.63, 3.8) is 0 Å². The van der Waals surface area contributed by atoms with E-state index in [4.69, 9.17) is 5.11 Å². The molecule has 1 saturated heterocycles. The van der Waals surface area contributed by atoms with E-state index in [1.807, 2.05) is 12.1 Å². The van der Waals surface area contributed by atoms with Gasteiger partial charge in [0.25, 0.3) is 0 Å². The molecule has 158 valence electrons. The van der Waals surface area contributed by atoms with E-state index in [9.17, 15) is 9.59 Å². The van der Waals surface area contributed by atoms with Gasteiger partial charge in [0.05, 0.1) is 17.4 Å². The largest absolute Gasteiger partial charge is 0.465 e. The maximum Gasteiger partial charge on any atom is 0.407 e. The lowest BCUT2D eigenvalue weighted by atomic mass is 10.2. The third-order valence-electron chi connectivity index (χ3n) is 5.54. The minimum absolute atomic E-state index is 0.338. The summed E-state index contributed by atoms with van der Waals surface area (Å²) < 4.78 is 0. The second-order valence-electron chi connectivity index (χ2n) is 7.52. The van der Waals surface area contributed by atoms with E-state index < -0.39 is 6.09 Å². The van der Waals surface area contributed by atoms with Gasteiger partial charge in [-0.3, -0.25) is 4.79 Å². The van der Waals surface area contributed by atoms with Gasteiger partial charge in [-0.2, -0.15) is 4.98 Å². The normalized spacial score (nSPS) is 17.1. The summed E-state index contributed by atoms with van der Waals surface area (Å²) in [6, 6.07) is 4.11. The Bertz CT molecular complexity index is 892. The SMILES string of the molecule is O=Cc1cnc(Nc2ccc(N3CCN(C(=O)O)CC3)cn2)nc1NC1CCCC1. The van der Waals surface area contributed by atoms with Crippen LogP contribution in [-0.4, -0.2) is 69.6 Å². The first kappa shape index (κ1) is 19.9. The summed E-state index contributed by atoms with van der Waals surface area (Å²) in [6.07, 6.45) is 7.67. The molecule has 10 nitrogen and oxygen atoms in total. The lowest BCUT2D eigenvalue weighted by molar-refractivity contribution is 0.112. The number of nitrogens with zero attached hydrogens (tertiary/aromatic N) is 5. The number of amides is 1. The number of carbonyl (C=O) groups is 2. The number of hydrogen-bond donors (Lipinski definition) is 3. The molecule has 0 aromatic carbocycles. The van der Waals surface area contributed by atoms with Crippen LogP contribution in [0.4, 0.5) is 28.1 Å². The van der Waals surface area contributed by atoms with Gasteiger partial charge >= 0.3 is 6.09 Å². The highest BCUT2D eigenvalue weighted by molar-refractivity contribution is 5.82. The first-order chi connectivity index (χ1) is 14.6. The van der Waals surface area contributed by atoms with Crippen molar-refractivity contribution in [1.82, 2.24) is 19.9 Å². The van der Waals surface area contributed by atoms with Gasteiger partial charge < -0.3 is 25.5 Å². The van der Waals surface area contributed by atoms with Crippen LogP contribution in [0.3, 0.4) is 0 Å². The molecule has 3 heterocycles. The number of piperazine rings is 1. The molecular weight excluding hydrogens is 386 g/mol. The number of carboxylic acid groups (broad SMARTS) is 1. The van der Waals surface area contributed by atoms with Crippen LogP contribution in [0.5, 0.6) is 0 Å². The van der Waals surface area contributed by atoms with Gasteiger partial charge in [-0.15, -0.1) is 0 Å². The first-order valence-electron chi connectivity index (χ1n) is 10.2. The van der Waals surface area contributed by atoms with Crippen molar-refractivity contribution in [2.75, 3.05) is 41.7 Å². The van der Waals surface area contributed by atoms with Gasteiger partial charge in [0.1, 0.15) is 11.6 Å². The van der Waals surface area contributed by atoms with Crippen LogP contribution in [0.2, 0.25) is 0 Å². The zero-order chi connectivity index (χ0) is 20.9. The van der Waals surface area contributed by atoms with Crippen LogP contribution in [0, 0.1) is 0 Å². The first-order valence-corrected chi connectivity index (χ1v) is 10.2. The third-order valence-corrected chi connectivity index (χ3v) is 5.54. The summed E-state index contributed by atoms with van der Waals surface area (Å²) in [4.78, 5) is 39.0. The van der Waals surface area contributed by atoms with Crippen LogP contribution in [0.15, 0.2) is 24.5 Å². The molecule has 3 N–H and O–H groups in total. The van der Waals surface area contributed by atoms with Crippen LogP contribution < -0.4 is 15.5 Å². The molecule has 30 heavy (non-hydrogen) atoms. The molecule has 1 aliphatic carbocycles. The second kappa shape index (κ2) is 8.93. The lowest BCUT2D eigenvalue weighted by Gasteiger charge is -2.34. The number of aromatic nitrogens is 3. The smallest absolute Gasteiger partial charge is 0.407 e. The summed E-state index contributed by atoms with van der Waals surface area (Å²) in [5, 5.41) is 15.5. The number of pyridine rings is 1. The van der Waals surface area contributed by atoms with Gasteiger partial charge in [0, 0.05) is 38.4 Å². The molecule has 4 rings (SSSR count). The molecule has 1 aliphatic heterocycles. The van der Waals surface area contributed by atoms with Crippen molar-refractivity contribution in [3.8, 4) is 0 Å². The van der Waals surface area contributed by atoms with Crippen LogP contribution in [0.25, 0.3) is 0 Å². The molecule has 2 fully saturated rings. The van der Waals surface area contributed by atoms with Crippen LogP contribution in [0.1, 0.15) is 36.0 Å². The Morgan fingerprint density at radius 2 is 1.87 bits per heavy atom. The summed E-state index contributed by atoms with van der Waals surface area (Å²) in [5.41, 5.74) is 1.38. The molecule has 0 spiro atoms. The zero-order valence-corrected chi connectivity index (χ0v) is 16.6. The number of hydrogen-bond acceptors (Lipinski definition) is 8. The molecular formula is C20H25N7O3. The molecule has 0 bridgehead atoms. The minimum Gasteiger partial charge on any atom is -0.465 e. The second-order valence-corrected chi connectivity index (χ2v) is 7.52. The van der Waals surface area contributed by atoms with Gasteiger partial charge in [0.2, 0.25) is 5.95 Å². The van der Waals surface area contributed by atoms with Crippen molar-refractivity contribution in [2.45, 2.75) is 31.7 Å². The third kappa shape index (κ3) is 4.58. The Kier molecular flexibility index (Phi) is 5.92. The number of aldehydes is 1. The average Bonchev–Trinajstić information content (AvgIpc) is 3.28. The van der Waals surface area contributed by atoms with Gasteiger partial charge in [-0.25, -0.2) is 14.8 Å². The van der Waals surface area contributed by atoms with E-state index in [0.717, 1.165) is 24.8 Å². The Balaban J connectivity index is 1.40. The summed E-state index contributed by atoms with van der Waals surface area (Å²) >= 11 is 0. The monoisotopic (exact) mass is 411 g/mol. The fourth-order valence-electron chi connectivity index (χ4n) is 3.83. The summed E-state index contributed by atoms with van der Waals surface area (Å²) in [7, 11) is 0. The van der Waals surface area contributed by atoms with Crippen molar-refractivity contribution >= 4 is 35.7 Å². The summed E-state index contributed by atoms with van der Waals surface area (Å²) in [6.45, 7) is 2.21. The highest BCUT2D eigenvalue weighted by Crippen LogP contribution is 2.24. The predicted molar refractivity (Wildman–Crippen MR) is 113 cm³/mol. The molecule has 1 amide bonds. The molecule has 10 heteroatoms.